The van der Waals surface area contributed by atoms with Crippen LogP contribution in [0.2, 0.25) is 0 Å². The van der Waals surface area contributed by atoms with E-state index in [4.69, 9.17) is 14.5 Å². The lowest BCUT2D eigenvalue weighted by Crippen LogP contribution is -2.09. The topological polar surface area (TPSA) is 36.3 Å². The average Bonchev–Trinajstić information content (AvgIpc) is 3.10. The molecule has 2 heterocycles. The van der Waals surface area contributed by atoms with E-state index in [-0.39, 0.29) is 0 Å². The summed E-state index contributed by atoms with van der Waals surface area (Å²) in [6.45, 7) is 1.05. The Bertz CT molecular complexity index is 632. The summed E-state index contributed by atoms with van der Waals surface area (Å²) in [4.78, 5) is 4.81. The van der Waals surface area contributed by atoms with Crippen LogP contribution < -0.4 is 9.47 Å². The number of methoxy groups -OCH3 is 2. The Kier molecular flexibility index (Phi) is 1.93. The molecule has 1 saturated carbocycles. The van der Waals surface area contributed by atoms with E-state index in [9.17, 15) is 0 Å². The van der Waals surface area contributed by atoms with Crippen LogP contribution in [0, 0.1) is 5.92 Å². The zero-order valence-corrected chi connectivity index (χ0v) is 10.6. The Labute approximate surface area is 106 Å². The van der Waals surface area contributed by atoms with Gasteiger partial charge in [0.25, 0.3) is 0 Å². The molecule has 1 aliphatic carbocycles. The number of aryl methyl sites for hydroxylation is 1. The van der Waals surface area contributed by atoms with Crippen molar-refractivity contribution in [2.45, 2.75) is 25.3 Å². The van der Waals surface area contributed by atoms with Crippen molar-refractivity contribution in [3.8, 4) is 11.5 Å². The molecule has 0 bridgehead atoms. The van der Waals surface area contributed by atoms with Crippen LogP contribution in [0.1, 0.15) is 24.6 Å². The number of rotatable bonds is 2. The summed E-state index contributed by atoms with van der Waals surface area (Å²) in [5, 5.41) is 0. The molecule has 1 aromatic heterocycles. The van der Waals surface area contributed by atoms with Gasteiger partial charge in [-0.15, -0.1) is 0 Å². The molecular formula is C14H16N2O2. The molecule has 2 atom stereocenters. The molecule has 1 fully saturated rings. The Hall–Kier alpha value is -1.71. The highest BCUT2D eigenvalue weighted by molar-refractivity contribution is 5.88. The smallest absolute Gasteiger partial charge is 0.146 e. The summed E-state index contributed by atoms with van der Waals surface area (Å²) in [6.07, 6.45) is 2.57. The Balaban J connectivity index is 2.05. The molecule has 1 aliphatic heterocycles. The minimum Gasteiger partial charge on any atom is -0.494 e. The molecule has 2 unspecified atom stereocenters. The fourth-order valence-corrected chi connectivity index (χ4v) is 3.22. The first-order chi connectivity index (χ1) is 8.83. The molecule has 0 N–H and O–H groups in total. The predicted octanol–water partition coefficient (Wildman–Crippen LogP) is 2.56. The number of hydrogen-bond acceptors (Lipinski definition) is 3. The summed E-state index contributed by atoms with van der Waals surface area (Å²) in [5.41, 5.74) is 2.04. The van der Waals surface area contributed by atoms with Gasteiger partial charge in [-0.1, -0.05) is 0 Å². The third-order valence-electron chi connectivity index (χ3n) is 4.27. The third-order valence-corrected chi connectivity index (χ3v) is 4.27. The average molecular weight is 244 g/mol. The first kappa shape index (κ1) is 10.2. The first-order valence-corrected chi connectivity index (χ1v) is 6.44. The lowest BCUT2D eigenvalue weighted by atomic mass is 10.1. The van der Waals surface area contributed by atoms with Crippen molar-refractivity contribution in [2.75, 3.05) is 14.2 Å². The van der Waals surface area contributed by atoms with E-state index >= 15 is 0 Å². The summed E-state index contributed by atoms with van der Waals surface area (Å²) in [6, 6.07) is 3.90. The number of ether oxygens (including phenoxy) is 2. The van der Waals surface area contributed by atoms with Crippen molar-refractivity contribution in [1.82, 2.24) is 9.55 Å². The second-order valence-corrected chi connectivity index (χ2v) is 5.18. The maximum absolute atomic E-state index is 5.48. The van der Waals surface area contributed by atoms with Crippen molar-refractivity contribution < 1.29 is 9.47 Å². The monoisotopic (exact) mass is 244 g/mol. The zero-order chi connectivity index (χ0) is 12.3. The first-order valence-electron chi connectivity index (χ1n) is 6.44. The molecule has 1 aromatic carbocycles. The molecule has 0 amide bonds. The van der Waals surface area contributed by atoms with Crippen molar-refractivity contribution in [3.05, 3.63) is 18.0 Å². The molecule has 94 valence electrons. The van der Waals surface area contributed by atoms with Gasteiger partial charge in [-0.3, -0.25) is 0 Å². The van der Waals surface area contributed by atoms with Crippen molar-refractivity contribution in [2.24, 2.45) is 5.92 Å². The van der Waals surface area contributed by atoms with Gasteiger partial charge in [0.1, 0.15) is 28.4 Å². The van der Waals surface area contributed by atoms with Crippen molar-refractivity contribution in [3.63, 3.8) is 0 Å². The van der Waals surface area contributed by atoms with Crippen LogP contribution in [0.5, 0.6) is 11.5 Å². The van der Waals surface area contributed by atoms with E-state index in [1.54, 1.807) is 14.2 Å². The van der Waals surface area contributed by atoms with Gasteiger partial charge in [-0.2, -0.15) is 0 Å². The van der Waals surface area contributed by atoms with Gasteiger partial charge in [-0.05, 0) is 30.9 Å². The minimum absolute atomic E-state index is 0.667. The molecule has 18 heavy (non-hydrogen) atoms. The fourth-order valence-electron chi connectivity index (χ4n) is 3.22. The standard InChI is InChI=1S/C14H16N2O2/c1-17-10-3-4-11(18-2)13-12(10)15-14-9-7-8(9)5-6-16(13)14/h3-4,8-9H,5-7H2,1-2H3. The molecule has 4 rings (SSSR count). The van der Waals surface area contributed by atoms with E-state index in [2.05, 4.69) is 4.57 Å². The second kappa shape index (κ2) is 3.40. The van der Waals surface area contributed by atoms with E-state index in [0.717, 1.165) is 35.0 Å². The highest BCUT2D eigenvalue weighted by Gasteiger charge is 2.45. The van der Waals surface area contributed by atoms with Gasteiger partial charge < -0.3 is 14.0 Å². The molecule has 4 heteroatoms. The van der Waals surface area contributed by atoms with E-state index in [1.165, 1.54) is 18.7 Å². The van der Waals surface area contributed by atoms with Crippen LogP contribution in [0.15, 0.2) is 12.1 Å². The van der Waals surface area contributed by atoms with Crippen LogP contribution in [-0.2, 0) is 6.54 Å². The fraction of sp³-hybridized carbons (Fsp3) is 0.500. The molecule has 2 aliphatic rings. The Morgan fingerprint density at radius 1 is 1.22 bits per heavy atom. The van der Waals surface area contributed by atoms with Crippen LogP contribution in [-0.4, -0.2) is 23.8 Å². The predicted molar refractivity (Wildman–Crippen MR) is 68.3 cm³/mol. The SMILES string of the molecule is COc1ccc(OC)c2c1nc1n2CCC2CC12. The van der Waals surface area contributed by atoms with Gasteiger partial charge in [0.05, 0.1) is 14.2 Å². The van der Waals surface area contributed by atoms with E-state index in [0.29, 0.717) is 5.92 Å². The molecular weight excluding hydrogens is 228 g/mol. The van der Waals surface area contributed by atoms with Gasteiger partial charge in [0.2, 0.25) is 0 Å². The van der Waals surface area contributed by atoms with Crippen molar-refractivity contribution >= 4 is 11.0 Å². The van der Waals surface area contributed by atoms with Crippen LogP contribution in [0.25, 0.3) is 11.0 Å². The molecule has 0 radical (unpaired) electrons. The zero-order valence-electron chi connectivity index (χ0n) is 10.6. The molecule has 2 aromatic rings. The highest BCUT2D eigenvalue weighted by atomic mass is 16.5. The summed E-state index contributed by atoms with van der Waals surface area (Å²) >= 11 is 0. The number of benzene rings is 1. The lowest BCUT2D eigenvalue weighted by Gasteiger charge is -2.15. The van der Waals surface area contributed by atoms with Gasteiger partial charge in [-0.25, -0.2) is 4.98 Å². The maximum Gasteiger partial charge on any atom is 0.146 e. The lowest BCUT2D eigenvalue weighted by molar-refractivity contribution is 0.407. The summed E-state index contributed by atoms with van der Waals surface area (Å²) in [5.74, 6) is 4.49. The van der Waals surface area contributed by atoms with Gasteiger partial charge in [0, 0.05) is 12.5 Å². The number of hydrogen-bond donors (Lipinski definition) is 0. The maximum atomic E-state index is 5.48. The Morgan fingerprint density at radius 3 is 2.78 bits per heavy atom. The van der Waals surface area contributed by atoms with E-state index < -0.39 is 0 Å². The normalized spacial score (nSPS) is 24.6. The highest BCUT2D eigenvalue weighted by Crippen LogP contribution is 2.53. The van der Waals surface area contributed by atoms with E-state index in [1.807, 2.05) is 12.1 Å². The Morgan fingerprint density at radius 2 is 2.00 bits per heavy atom. The number of imidazole rings is 1. The number of fused-ring (bicyclic) bond motifs is 5. The number of nitrogens with zero attached hydrogens (tertiary/aromatic N) is 2. The van der Waals surface area contributed by atoms with Crippen LogP contribution in [0.4, 0.5) is 0 Å². The largest absolute Gasteiger partial charge is 0.494 e. The minimum atomic E-state index is 0.667. The van der Waals surface area contributed by atoms with Crippen LogP contribution >= 0.6 is 0 Å². The van der Waals surface area contributed by atoms with Crippen molar-refractivity contribution in [1.29, 1.82) is 0 Å². The summed E-state index contributed by atoms with van der Waals surface area (Å²) in [7, 11) is 3.41. The quantitative estimate of drug-likeness (QED) is 0.814. The molecule has 4 nitrogen and oxygen atoms in total. The second-order valence-electron chi connectivity index (χ2n) is 5.18. The number of aromatic nitrogens is 2. The molecule has 0 saturated heterocycles. The summed E-state index contributed by atoms with van der Waals surface area (Å²) < 4.78 is 13.2. The van der Waals surface area contributed by atoms with Gasteiger partial charge >= 0.3 is 0 Å². The van der Waals surface area contributed by atoms with Crippen LogP contribution in [0.3, 0.4) is 0 Å². The van der Waals surface area contributed by atoms with Gasteiger partial charge in [0.15, 0.2) is 0 Å². The molecule has 0 spiro atoms. The third kappa shape index (κ3) is 1.18.